The van der Waals surface area contributed by atoms with Crippen LogP contribution < -0.4 is 10.9 Å². The average molecular weight is 443 g/mol. The van der Waals surface area contributed by atoms with Crippen LogP contribution in [-0.2, 0) is 22.3 Å². The Morgan fingerprint density at radius 2 is 1.69 bits per heavy atom. The van der Waals surface area contributed by atoms with Crippen molar-refractivity contribution in [3.63, 3.8) is 0 Å². The van der Waals surface area contributed by atoms with Gasteiger partial charge in [0, 0.05) is 11.2 Å². The first-order valence-corrected chi connectivity index (χ1v) is 7.74. The number of carbonyl (C=O) groups excluding carboxylic acids is 2. The molecule has 29 heavy (non-hydrogen) atoms. The number of ether oxygens (including phenoxy) is 1. The first-order chi connectivity index (χ1) is 13.4. The van der Waals surface area contributed by atoms with E-state index in [4.69, 9.17) is 16.3 Å². The Hall–Kier alpha value is -3.09. The minimum Gasteiger partial charge on any atom is -0.457 e. The van der Waals surface area contributed by atoms with E-state index in [1.807, 2.05) is 0 Å². The molecule has 2 aromatic rings. The van der Waals surface area contributed by atoms with E-state index < -0.39 is 41.4 Å². The molecular weight excluding hydrogens is 434 g/mol. The van der Waals surface area contributed by atoms with Crippen molar-refractivity contribution in [2.45, 2.75) is 19.0 Å². The van der Waals surface area contributed by atoms with Crippen LogP contribution in [0.2, 0.25) is 5.02 Å². The van der Waals surface area contributed by atoms with E-state index in [9.17, 15) is 35.9 Å². The zero-order valence-corrected chi connectivity index (χ0v) is 14.6. The molecule has 0 unspecified atom stereocenters. The van der Waals surface area contributed by atoms with E-state index in [0.717, 1.165) is 5.43 Å². The number of benzene rings is 1. The smallest absolute Gasteiger partial charge is 0.457 e. The predicted molar refractivity (Wildman–Crippen MR) is 85.4 cm³/mol. The first-order valence-electron chi connectivity index (χ1n) is 7.37. The lowest BCUT2D eigenvalue weighted by Gasteiger charge is -2.14. The van der Waals surface area contributed by atoms with Crippen LogP contribution >= 0.6 is 11.6 Å². The molecular formula is C15H9ClF6N4O3. The Morgan fingerprint density at radius 3 is 2.24 bits per heavy atom. The highest BCUT2D eigenvalue weighted by Gasteiger charge is 2.40. The minimum absolute atomic E-state index is 0.380. The Kier molecular flexibility index (Phi) is 6.51. The summed E-state index contributed by atoms with van der Waals surface area (Å²) in [6.45, 7) is -0.380. The van der Waals surface area contributed by atoms with Gasteiger partial charge in [0.15, 0.2) is 5.69 Å². The summed E-state index contributed by atoms with van der Waals surface area (Å²) in [6.07, 6.45) is -10.0. The lowest BCUT2D eigenvalue weighted by Crippen LogP contribution is -2.40. The highest BCUT2D eigenvalue weighted by atomic mass is 35.5. The Bertz CT molecular complexity index is 902. The first kappa shape index (κ1) is 22.2. The number of aromatic nitrogens is 2. The SMILES string of the molecule is O=C(OCc1ccc(Cl)cc1)c1cnc(NNC(=O)C(F)(F)F)nc1C(F)(F)F. The number of hydrogen-bond acceptors (Lipinski definition) is 6. The zero-order valence-electron chi connectivity index (χ0n) is 13.9. The van der Waals surface area contributed by atoms with Crippen molar-refractivity contribution in [1.82, 2.24) is 15.4 Å². The Morgan fingerprint density at radius 1 is 1.07 bits per heavy atom. The number of amides is 1. The molecule has 1 amide bonds. The van der Waals surface area contributed by atoms with Crippen molar-refractivity contribution < 1.29 is 40.7 Å². The second-order valence-electron chi connectivity index (χ2n) is 5.23. The van der Waals surface area contributed by atoms with E-state index >= 15 is 0 Å². The summed E-state index contributed by atoms with van der Waals surface area (Å²) in [6, 6.07) is 5.91. The molecule has 0 spiro atoms. The number of nitrogens with zero attached hydrogens (tertiary/aromatic N) is 2. The van der Waals surface area contributed by atoms with Gasteiger partial charge in [-0.1, -0.05) is 23.7 Å². The molecule has 0 atom stereocenters. The molecule has 0 saturated heterocycles. The quantitative estimate of drug-likeness (QED) is 0.418. The summed E-state index contributed by atoms with van der Waals surface area (Å²) in [7, 11) is 0. The van der Waals surface area contributed by atoms with Gasteiger partial charge in [0.2, 0.25) is 5.95 Å². The highest BCUT2D eigenvalue weighted by molar-refractivity contribution is 6.30. The maximum Gasteiger partial charge on any atom is 0.472 e. The van der Waals surface area contributed by atoms with Crippen LogP contribution in [0.25, 0.3) is 0 Å². The largest absolute Gasteiger partial charge is 0.472 e. The molecule has 0 aliphatic heterocycles. The van der Waals surface area contributed by atoms with Gasteiger partial charge in [-0.3, -0.25) is 15.6 Å². The molecule has 7 nitrogen and oxygen atoms in total. The number of hydrogen-bond donors (Lipinski definition) is 2. The molecule has 2 N–H and O–H groups in total. The number of esters is 1. The summed E-state index contributed by atoms with van der Waals surface area (Å²) in [5, 5.41) is 0.397. The van der Waals surface area contributed by atoms with E-state index in [-0.39, 0.29) is 6.61 Å². The number of rotatable bonds is 5. The molecule has 0 bridgehead atoms. The van der Waals surface area contributed by atoms with Gasteiger partial charge in [-0.15, -0.1) is 0 Å². The summed E-state index contributed by atoms with van der Waals surface area (Å²) in [4.78, 5) is 28.9. The number of anilines is 1. The molecule has 0 aliphatic carbocycles. The van der Waals surface area contributed by atoms with Crippen LogP contribution in [0.4, 0.5) is 32.3 Å². The van der Waals surface area contributed by atoms with Crippen LogP contribution in [-0.4, -0.2) is 28.0 Å². The minimum atomic E-state index is -5.29. The van der Waals surface area contributed by atoms with E-state index in [0.29, 0.717) is 16.8 Å². The molecule has 14 heteroatoms. The van der Waals surface area contributed by atoms with Gasteiger partial charge in [-0.25, -0.2) is 14.8 Å². The number of alkyl halides is 6. The molecule has 0 fully saturated rings. The van der Waals surface area contributed by atoms with Crippen molar-refractivity contribution in [2.24, 2.45) is 0 Å². The monoisotopic (exact) mass is 442 g/mol. The van der Waals surface area contributed by atoms with E-state index in [2.05, 4.69) is 9.97 Å². The van der Waals surface area contributed by atoms with Gasteiger partial charge >= 0.3 is 24.2 Å². The second-order valence-corrected chi connectivity index (χ2v) is 5.67. The van der Waals surface area contributed by atoms with Crippen molar-refractivity contribution in [1.29, 1.82) is 0 Å². The van der Waals surface area contributed by atoms with Gasteiger partial charge in [-0.2, -0.15) is 26.3 Å². The molecule has 0 radical (unpaired) electrons. The molecule has 0 saturated carbocycles. The Labute approximate surface area is 163 Å². The van der Waals surface area contributed by atoms with Crippen LogP contribution in [0.3, 0.4) is 0 Å². The Balaban J connectivity index is 2.17. The average Bonchev–Trinajstić information content (AvgIpc) is 2.63. The highest BCUT2D eigenvalue weighted by Crippen LogP contribution is 2.31. The summed E-state index contributed by atoms with van der Waals surface area (Å²) in [5.74, 6) is -4.93. The van der Waals surface area contributed by atoms with Crippen molar-refractivity contribution in [3.05, 3.63) is 52.3 Å². The second kappa shape index (κ2) is 8.51. The molecule has 1 aromatic carbocycles. The zero-order chi connectivity index (χ0) is 21.8. The number of nitrogens with one attached hydrogen (secondary N) is 2. The molecule has 1 aromatic heterocycles. The van der Waals surface area contributed by atoms with Crippen LogP contribution in [0, 0.1) is 0 Å². The topological polar surface area (TPSA) is 93.2 Å². The summed E-state index contributed by atoms with van der Waals surface area (Å²) in [5.41, 5.74) is 0.170. The fourth-order valence-electron chi connectivity index (χ4n) is 1.80. The summed E-state index contributed by atoms with van der Waals surface area (Å²) < 4.78 is 80.6. The van der Waals surface area contributed by atoms with Crippen molar-refractivity contribution >= 4 is 29.4 Å². The van der Waals surface area contributed by atoms with E-state index in [1.54, 1.807) is 0 Å². The maximum absolute atomic E-state index is 13.2. The van der Waals surface area contributed by atoms with Crippen molar-refractivity contribution in [2.75, 3.05) is 5.43 Å². The fraction of sp³-hybridized carbons (Fsp3) is 0.200. The van der Waals surface area contributed by atoms with Gasteiger partial charge in [0.05, 0.1) is 0 Å². The molecule has 0 aliphatic rings. The van der Waals surface area contributed by atoms with Crippen LogP contribution in [0.5, 0.6) is 0 Å². The number of halogens is 7. The summed E-state index contributed by atoms with van der Waals surface area (Å²) >= 11 is 5.68. The third kappa shape index (κ3) is 6.20. The number of carbonyl (C=O) groups is 2. The maximum atomic E-state index is 13.2. The predicted octanol–water partition coefficient (Wildman–Crippen LogP) is 3.51. The van der Waals surface area contributed by atoms with Gasteiger partial charge in [-0.05, 0) is 17.7 Å². The lowest BCUT2D eigenvalue weighted by atomic mass is 10.2. The molecule has 1 heterocycles. The van der Waals surface area contributed by atoms with Crippen LogP contribution in [0.15, 0.2) is 30.5 Å². The lowest BCUT2D eigenvalue weighted by molar-refractivity contribution is -0.173. The number of hydrazine groups is 1. The molecule has 156 valence electrons. The van der Waals surface area contributed by atoms with Crippen LogP contribution in [0.1, 0.15) is 21.6 Å². The van der Waals surface area contributed by atoms with Gasteiger partial charge in [0.25, 0.3) is 0 Å². The van der Waals surface area contributed by atoms with Gasteiger partial charge < -0.3 is 4.74 Å². The van der Waals surface area contributed by atoms with Crippen molar-refractivity contribution in [3.8, 4) is 0 Å². The standard InChI is InChI=1S/C15H9ClF6N4O3/c16-8-3-1-7(2-4-8)6-29-11(27)9-5-23-13(24-10(9)14(17,18)19)26-25-12(28)15(20,21)22/h1-5H,6H2,(H,25,28)(H,23,24,26). The third-order valence-electron chi connectivity index (χ3n) is 3.11. The normalized spacial score (nSPS) is 11.7. The van der Waals surface area contributed by atoms with Gasteiger partial charge in [0.1, 0.15) is 12.2 Å². The third-order valence-corrected chi connectivity index (χ3v) is 3.36. The fourth-order valence-corrected chi connectivity index (χ4v) is 1.92. The molecule has 2 rings (SSSR count). The van der Waals surface area contributed by atoms with E-state index in [1.165, 1.54) is 29.7 Å².